The standard InChI is InChI=1S/C10H20O3/c1-6-8(11)7(2)10(3,4)9(12)13-5/h7-8,11H,6H2,1-5H3. The van der Waals surface area contributed by atoms with Crippen molar-refractivity contribution in [3.63, 3.8) is 0 Å². The van der Waals surface area contributed by atoms with Gasteiger partial charge in [0.2, 0.25) is 0 Å². The lowest BCUT2D eigenvalue weighted by Crippen LogP contribution is -2.38. The third-order valence-corrected chi connectivity index (χ3v) is 2.85. The van der Waals surface area contributed by atoms with Gasteiger partial charge in [0, 0.05) is 0 Å². The molecule has 0 saturated heterocycles. The van der Waals surface area contributed by atoms with Crippen LogP contribution < -0.4 is 0 Å². The molecule has 0 radical (unpaired) electrons. The van der Waals surface area contributed by atoms with Crippen LogP contribution in [-0.2, 0) is 9.53 Å². The zero-order chi connectivity index (χ0) is 10.6. The maximum Gasteiger partial charge on any atom is 0.311 e. The van der Waals surface area contributed by atoms with Crippen LogP contribution in [0.4, 0.5) is 0 Å². The van der Waals surface area contributed by atoms with E-state index in [1.807, 2.05) is 13.8 Å². The second-order valence-electron chi connectivity index (χ2n) is 3.98. The van der Waals surface area contributed by atoms with Crippen LogP contribution in [0.3, 0.4) is 0 Å². The monoisotopic (exact) mass is 188 g/mol. The summed E-state index contributed by atoms with van der Waals surface area (Å²) < 4.78 is 4.68. The van der Waals surface area contributed by atoms with Gasteiger partial charge in [0.15, 0.2) is 0 Å². The number of rotatable bonds is 4. The Kier molecular flexibility index (Phi) is 4.40. The van der Waals surface area contributed by atoms with E-state index in [0.717, 1.165) is 0 Å². The number of aliphatic hydroxyl groups excluding tert-OH is 1. The number of carbonyl (C=O) groups excluding carboxylic acids is 1. The Morgan fingerprint density at radius 3 is 2.31 bits per heavy atom. The lowest BCUT2D eigenvalue weighted by Gasteiger charge is -2.31. The van der Waals surface area contributed by atoms with Gasteiger partial charge in [-0.2, -0.15) is 0 Å². The third-order valence-electron chi connectivity index (χ3n) is 2.85. The van der Waals surface area contributed by atoms with E-state index in [1.54, 1.807) is 13.8 Å². The molecule has 2 atom stereocenters. The van der Waals surface area contributed by atoms with Crippen molar-refractivity contribution in [1.29, 1.82) is 0 Å². The molecule has 0 saturated carbocycles. The Balaban J connectivity index is 4.52. The molecule has 0 aliphatic rings. The molecular formula is C10H20O3. The fraction of sp³-hybridized carbons (Fsp3) is 0.900. The molecular weight excluding hydrogens is 168 g/mol. The maximum absolute atomic E-state index is 11.4. The first-order valence-corrected chi connectivity index (χ1v) is 4.64. The SMILES string of the molecule is CCC(O)C(C)C(C)(C)C(=O)OC. The number of esters is 1. The quantitative estimate of drug-likeness (QED) is 0.681. The van der Waals surface area contributed by atoms with Gasteiger partial charge in [-0.3, -0.25) is 4.79 Å². The topological polar surface area (TPSA) is 46.5 Å². The molecule has 0 bridgehead atoms. The van der Waals surface area contributed by atoms with Crippen LogP contribution in [0.15, 0.2) is 0 Å². The molecule has 2 unspecified atom stereocenters. The summed E-state index contributed by atoms with van der Waals surface area (Å²) in [6.45, 7) is 7.35. The van der Waals surface area contributed by atoms with E-state index in [9.17, 15) is 9.90 Å². The highest BCUT2D eigenvalue weighted by Crippen LogP contribution is 2.31. The third kappa shape index (κ3) is 2.69. The predicted octanol–water partition coefficient (Wildman–Crippen LogP) is 1.59. The largest absolute Gasteiger partial charge is 0.469 e. The number of hydrogen-bond acceptors (Lipinski definition) is 3. The second-order valence-corrected chi connectivity index (χ2v) is 3.98. The number of aliphatic hydroxyl groups is 1. The number of methoxy groups -OCH3 is 1. The molecule has 0 spiro atoms. The number of carbonyl (C=O) groups is 1. The van der Waals surface area contributed by atoms with E-state index in [4.69, 9.17) is 0 Å². The summed E-state index contributed by atoms with van der Waals surface area (Å²) in [6, 6.07) is 0. The van der Waals surface area contributed by atoms with Gasteiger partial charge < -0.3 is 9.84 Å². The summed E-state index contributed by atoms with van der Waals surface area (Å²) in [4.78, 5) is 11.4. The molecule has 0 aromatic carbocycles. The zero-order valence-corrected chi connectivity index (χ0v) is 9.13. The van der Waals surface area contributed by atoms with E-state index < -0.39 is 11.5 Å². The molecule has 13 heavy (non-hydrogen) atoms. The summed E-state index contributed by atoms with van der Waals surface area (Å²) in [6.07, 6.45) is 0.204. The second kappa shape index (κ2) is 4.61. The summed E-state index contributed by atoms with van der Waals surface area (Å²) in [5, 5.41) is 9.60. The van der Waals surface area contributed by atoms with Crippen molar-refractivity contribution < 1.29 is 14.6 Å². The summed E-state index contributed by atoms with van der Waals surface area (Å²) in [5.41, 5.74) is -0.621. The van der Waals surface area contributed by atoms with Crippen molar-refractivity contribution in [3.05, 3.63) is 0 Å². The van der Waals surface area contributed by atoms with Gasteiger partial charge in [0.25, 0.3) is 0 Å². The van der Waals surface area contributed by atoms with Crippen LogP contribution in [0.25, 0.3) is 0 Å². The smallest absolute Gasteiger partial charge is 0.311 e. The molecule has 0 aliphatic heterocycles. The van der Waals surface area contributed by atoms with Gasteiger partial charge >= 0.3 is 5.97 Å². The van der Waals surface area contributed by atoms with Crippen LogP contribution in [0.1, 0.15) is 34.1 Å². The minimum atomic E-state index is -0.621. The molecule has 0 aromatic heterocycles. The number of hydrogen-bond donors (Lipinski definition) is 1. The van der Waals surface area contributed by atoms with Gasteiger partial charge in [0.1, 0.15) is 0 Å². The van der Waals surface area contributed by atoms with Gasteiger partial charge in [0.05, 0.1) is 18.6 Å². The zero-order valence-electron chi connectivity index (χ0n) is 9.13. The Hall–Kier alpha value is -0.570. The van der Waals surface area contributed by atoms with Gasteiger partial charge in [-0.15, -0.1) is 0 Å². The molecule has 0 heterocycles. The van der Waals surface area contributed by atoms with Gasteiger partial charge in [-0.05, 0) is 26.2 Å². The van der Waals surface area contributed by atoms with E-state index in [0.29, 0.717) is 6.42 Å². The average Bonchev–Trinajstić information content (AvgIpc) is 2.13. The van der Waals surface area contributed by atoms with Crippen molar-refractivity contribution in [2.45, 2.75) is 40.2 Å². The molecule has 3 heteroatoms. The van der Waals surface area contributed by atoms with Crippen LogP contribution in [0.2, 0.25) is 0 Å². The molecule has 0 aliphatic carbocycles. The van der Waals surface area contributed by atoms with Crippen LogP contribution >= 0.6 is 0 Å². The fourth-order valence-corrected chi connectivity index (χ4v) is 1.28. The average molecular weight is 188 g/mol. The Morgan fingerprint density at radius 2 is 2.00 bits per heavy atom. The van der Waals surface area contributed by atoms with Gasteiger partial charge in [-0.1, -0.05) is 13.8 Å². The first kappa shape index (κ1) is 12.4. The van der Waals surface area contributed by atoms with Gasteiger partial charge in [-0.25, -0.2) is 0 Å². The lowest BCUT2D eigenvalue weighted by molar-refractivity contribution is -0.156. The van der Waals surface area contributed by atoms with Crippen molar-refractivity contribution in [2.75, 3.05) is 7.11 Å². The Bertz CT molecular complexity index is 175. The minimum Gasteiger partial charge on any atom is -0.469 e. The first-order valence-electron chi connectivity index (χ1n) is 4.64. The van der Waals surface area contributed by atoms with E-state index in [1.165, 1.54) is 7.11 Å². The fourth-order valence-electron chi connectivity index (χ4n) is 1.28. The summed E-state index contributed by atoms with van der Waals surface area (Å²) >= 11 is 0. The van der Waals surface area contributed by atoms with E-state index >= 15 is 0 Å². The van der Waals surface area contributed by atoms with Crippen molar-refractivity contribution >= 4 is 5.97 Å². The maximum atomic E-state index is 11.4. The molecule has 0 fully saturated rings. The predicted molar refractivity (Wildman–Crippen MR) is 51.3 cm³/mol. The highest BCUT2D eigenvalue weighted by Gasteiger charge is 2.38. The number of ether oxygens (including phenoxy) is 1. The van der Waals surface area contributed by atoms with Crippen molar-refractivity contribution in [2.24, 2.45) is 11.3 Å². The minimum absolute atomic E-state index is 0.0926. The molecule has 0 rings (SSSR count). The Labute approximate surface area is 80.1 Å². The van der Waals surface area contributed by atoms with Crippen molar-refractivity contribution in [1.82, 2.24) is 0 Å². The normalized spacial score (nSPS) is 16.5. The lowest BCUT2D eigenvalue weighted by atomic mass is 9.76. The van der Waals surface area contributed by atoms with Crippen molar-refractivity contribution in [3.8, 4) is 0 Å². The first-order chi connectivity index (χ1) is 5.87. The molecule has 0 amide bonds. The molecule has 1 N–H and O–H groups in total. The van der Waals surface area contributed by atoms with Crippen LogP contribution in [0.5, 0.6) is 0 Å². The van der Waals surface area contributed by atoms with E-state index in [-0.39, 0.29) is 11.9 Å². The highest BCUT2D eigenvalue weighted by atomic mass is 16.5. The van der Waals surface area contributed by atoms with Crippen LogP contribution in [-0.4, -0.2) is 24.3 Å². The van der Waals surface area contributed by atoms with Crippen LogP contribution in [0, 0.1) is 11.3 Å². The molecule has 78 valence electrons. The summed E-state index contributed by atoms with van der Waals surface area (Å²) in [7, 11) is 1.37. The Morgan fingerprint density at radius 1 is 1.54 bits per heavy atom. The molecule has 0 aromatic rings. The summed E-state index contributed by atoms with van der Waals surface area (Å²) in [5.74, 6) is -0.363. The van der Waals surface area contributed by atoms with E-state index in [2.05, 4.69) is 4.74 Å². The molecule has 3 nitrogen and oxygen atoms in total. The highest BCUT2D eigenvalue weighted by molar-refractivity contribution is 5.76.